The zero-order valence-electron chi connectivity index (χ0n) is 32.7. The molecule has 0 aromatic heterocycles. The average Bonchev–Trinajstić information content (AvgIpc) is 3.11. The Morgan fingerprint density at radius 2 is 0.923 bits per heavy atom. The van der Waals surface area contributed by atoms with Crippen molar-refractivity contribution in [2.75, 3.05) is 13.2 Å². The zero-order valence-corrected chi connectivity index (χ0v) is 33.6. The molecule has 2 N–H and O–H groups in total. The van der Waals surface area contributed by atoms with Crippen LogP contribution in [0.25, 0.3) is 0 Å². The molecule has 0 saturated heterocycles. The van der Waals surface area contributed by atoms with Crippen LogP contribution in [-0.2, 0) is 28.2 Å². The van der Waals surface area contributed by atoms with Crippen molar-refractivity contribution in [3.63, 3.8) is 0 Å². The SMILES string of the molecule is CC/C=C/C/C=C/C/C=C/C/C=C/C/C=C/C/C=C/CCC(=O)O[C@H](COC(=O)CCCCCCCCCCCCCCCCC)COP(=O)(O)O. The summed E-state index contributed by atoms with van der Waals surface area (Å²) in [6, 6.07) is 0. The van der Waals surface area contributed by atoms with E-state index in [9.17, 15) is 14.2 Å². The Balaban J connectivity index is 4.08. The largest absolute Gasteiger partial charge is 0.469 e. The van der Waals surface area contributed by atoms with Crippen LogP contribution >= 0.6 is 7.82 Å². The molecule has 298 valence electrons. The lowest BCUT2D eigenvalue weighted by Crippen LogP contribution is -2.29. The lowest BCUT2D eigenvalue weighted by atomic mass is 10.0. The van der Waals surface area contributed by atoms with Crippen LogP contribution in [0.15, 0.2) is 72.9 Å². The Hall–Kier alpha value is -2.51. The summed E-state index contributed by atoms with van der Waals surface area (Å²) in [4.78, 5) is 42.8. The summed E-state index contributed by atoms with van der Waals surface area (Å²) in [6.07, 6.45) is 49.2. The highest BCUT2D eigenvalue weighted by Gasteiger charge is 2.22. The number of rotatable bonds is 36. The van der Waals surface area contributed by atoms with Gasteiger partial charge in [0.2, 0.25) is 0 Å². The van der Waals surface area contributed by atoms with E-state index in [1.165, 1.54) is 77.0 Å². The molecular weight excluding hydrogens is 675 g/mol. The van der Waals surface area contributed by atoms with Gasteiger partial charge in [-0.3, -0.25) is 14.1 Å². The molecule has 0 aliphatic carbocycles. The fourth-order valence-electron chi connectivity index (χ4n) is 5.28. The van der Waals surface area contributed by atoms with Crippen molar-refractivity contribution in [1.29, 1.82) is 0 Å². The standard InChI is InChI=1S/C43H73O8P/c1-3-5-7-9-11-13-15-17-19-20-21-22-24-26-28-30-32-34-36-38-43(45)51-41(40-50-52(46,47)48)39-49-42(44)37-35-33-31-29-27-25-23-18-16-14-12-10-8-6-4-2/h5,7,11,13,17,19,21-22,26,28,32,34,41H,3-4,6,8-10,12,14-16,18,20,23-25,27,29-31,33,35-40H2,1-2H3,(H2,46,47,48)/b7-5+,13-11+,19-17+,22-21+,28-26+,34-32+/t41-/m1/s1. The maximum atomic E-state index is 12.4. The Labute approximate surface area is 317 Å². The molecule has 0 bridgehead atoms. The monoisotopic (exact) mass is 749 g/mol. The summed E-state index contributed by atoms with van der Waals surface area (Å²) in [5, 5.41) is 0. The van der Waals surface area contributed by atoms with Crippen LogP contribution in [-0.4, -0.2) is 41.0 Å². The zero-order chi connectivity index (χ0) is 38.2. The smallest absolute Gasteiger partial charge is 0.462 e. The van der Waals surface area contributed by atoms with E-state index in [1.54, 1.807) is 0 Å². The highest BCUT2D eigenvalue weighted by molar-refractivity contribution is 7.46. The minimum Gasteiger partial charge on any atom is -0.462 e. The molecule has 0 aliphatic heterocycles. The Morgan fingerprint density at radius 3 is 1.35 bits per heavy atom. The van der Waals surface area contributed by atoms with Crippen LogP contribution in [0.4, 0.5) is 0 Å². The van der Waals surface area contributed by atoms with Gasteiger partial charge >= 0.3 is 19.8 Å². The highest BCUT2D eigenvalue weighted by atomic mass is 31.2. The number of unbranched alkanes of at least 4 members (excludes halogenated alkanes) is 14. The molecule has 0 unspecified atom stereocenters. The topological polar surface area (TPSA) is 119 Å². The maximum Gasteiger partial charge on any atom is 0.469 e. The quantitative estimate of drug-likeness (QED) is 0.0281. The summed E-state index contributed by atoms with van der Waals surface area (Å²) in [5.41, 5.74) is 0. The van der Waals surface area contributed by atoms with Crippen molar-refractivity contribution in [2.24, 2.45) is 0 Å². The number of carbonyl (C=O) groups excluding carboxylic acids is 2. The first-order chi connectivity index (χ1) is 25.3. The second-order valence-electron chi connectivity index (χ2n) is 13.2. The van der Waals surface area contributed by atoms with E-state index in [4.69, 9.17) is 19.3 Å². The molecule has 9 heteroatoms. The van der Waals surface area contributed by atoms with Crippen LogP contribution in [0.3, 0.4) is 0 Å². The molecule has 0 rings (SSSR count). The van der Waals surface area contributed by atoms with Gasteiger partial charge in [0.05, 0.1) is 6.61 Å². The van der Waals surface area contributed by atoms with E-state index in [2.05, 4.69) is 79.1 Å². The number of phosphoric acid groups is 1. The predicted molar refractivity (Wildman–Crippen MR) is 216 cm³/mol. The van der Waals surface area contributed by atoms with Crippen LogP contribution in [0.2, 0.25) is 0 Å². The van der Waals surface area contributed by atoms with Crippen LogP contribution in [0.5, 0.6) is 0 Å². The number of allylic oxidation sites excluding steroid dienone is 12. The first-order valence-corrected chi connectivity index (χ1v) is 21.8. The molecule has 0 fully saturated rings. The molecule has 0 spiro atoms. The summed E-state index contributed by atoms with van der Waals surface area (Å²) in [6.45, 7) is 3.50. The molecule has 0 aromatic rings. The van der Waals surface area contributed by atoms with E-state index < -0.39 is 32.5 Å². The van der Waals surface area contributed by atoms with Crippen molar-refractivity contribution in [1.82, 2.24) is 0 Å². The van der Waals surface area contributed by atoms with Crippen molar-refractivity contribution in [3.8, 4) is 0 Å². The summed E-state index contributed by atoms with van der Waals surface area (Å²) in [7, 11) is -4.77. The van der Waals surface area contributed by atoms with Crippen molar-refractivity contribution in [3.05, 3.63) is 72.9 Å². The third-order valence-electron chi connectivity index (χ3n) is 8.25. The van der Waals surface area contributed by atoms with Gasteiger partial charge < -0.3 is 19.3 Å². The van der Waals surface area contributed by atoms with E-state index in [-0.39, 0.29) is 19.4 Å². The van der Waals surface area contributed by atoms with E-state index in [0.717, 1.165) is 51.4 Å². The van der Waals surface area contributed by atoms with Gasteiger partial charge in [0.1, 0.15) is 6.61 Å². The molecule has 8 nitrogen and oxygen atoms in total. The number of phosphoric ester groups is 1. The van der Waals surface area contributed by atoms with Gasteiger partial charge in [-0.05, 0) is 51.4 Å². The molecule has 0 aromatic carbocycles. The van der Waals surface area contributed by atoms with Crippen molar-refractivity contribution in [2.45, 2.75) is 174 Å². The molecule has 0 amide bonds. The van der Waals surface area contributed by atoms with Crippen LogP contribution < -0.4 is 0 Å². The highest BCUT2D eigenvalue weighted by Crippen LogP contribution is 2.36. The van der Waals surface area contributed by atoms with Crippen molar-refractivity contribution < 1.29 is 37.9 Å². The van der Waals surface area contributed by atoms with Crippen LogP contribution in [0.1, 0.15) is 168 Å². The number of ether oxygens (including phenoxy) is 2. The third-order valence-corrected chi connectivity index (χ3v) is 8.74. The molecule has 0 radical (unpaired) electrons. The van der Waals surface area contributed by atoms with Gasteiger partial charge in [0.15, 0.2) is 6.10 Å². The second kappa shape index (κ2) is 38.2. The van der Waals surface area contributed by atoms with E-state index in [1.807, 2.05) is 12.2 Å². The molecule has 0 aliphatic rings. The summed E-state index contributed by atoms with van der Waals surface area (Å²) < 4.78 is 26.3. The average molecular weight is 749 g/mol. The fourth-order valence-corrected chi connectivity index (χ4v) is 5.64. The van der Waals surface area contributed by atoms with Gasteiger partial charge in [-0.1, -0.05) is 177 Å². The predicted octanol–water partition coefficient (Wildman–Crippen LogP) is 12.3. The van der Waals surface area contributed by atoms with Gasteiger partial charge in [-0.15, -0.1) is 0 Å². The summed E-state index contributed by atoms with van der Waals surface area (Å²) >= 11 is 0. The Morgan fingerprint density at radius 1 is 0.519 bits per heavy atom. The molecular formula is C43H73O8P. The Bertz CT molecular complexity index is 1070. The number of esters is 2. The lowest BCUT2D eigenvalue weighted by molar-refractivity contribution is -0.161. The minimum atomic E-state index is -4.77. The molecule has 1 atom stereocenters. The minimum absolute atomic E-state index is 0.0850. The van der Waals surface area contributed by atoms with E-state index >= 15 is 0 Å². The summed E-state index contributed by atoms with van der Waals surface area (Å²) in [5.74, 6) is -0.984. The van der Waals surface area contributed by atoms with E-state index in [0.29, 0.717) is 12.8 Å². The van der Waals surface area contributed by atoms with Gasteiger partial charge in [0, 0.05) is 12.8 Å². The fraction of sp³-hybridized carbons (Fsp3) is 0.674. The van der Waals surface area contributed by atoms with Crippen molar-refractivity contribution >= 4 is 19.8 Å². The van der Waals surface area contributed by atoms with Crippen LogP contribution in [0, 0.1) is 0 Å². The van der Waals surface area contributed by atoms with Gasteiger partial charge in [-0.2, -0.15) is 0 Å². The number of hydrogen-bond donors (Lipinski definition) is 2. The first kappa shape index (κ1) is 49.5. The molecule has 52 heavy (non-hydrogen) atoms. The third kappa shape index (κ3) is 40.3. The molecule has 0 heterocycles. The lowest BCUT2D eigenvalue weighted by Gasteiger charge is -2.18. The molecule has 0 saturated carbocycles. The normalized spacial score (nSPS) is 13.2. The number of hydrogen-bond acceptors (Lipinski definition) is 6. The number of carbonyl (C=O) groups is 2. The first-order valence-electron chi connectivity index (χ1n) is 20.2. The van der Waals surface area contributed by atoms with Gasteiger partial charge in [-0.25, -0.2) is 4.57 Å². The van der Waals surface area contributed by atoms with Gasteiger partial charge in [0.25, 0.3) is 0 Å². The maximum absolute atomic E-state index is 12.4. The second-order valence-corrected chi connectivity index (χ2v) is 14.5. The Kier molecular flexibility index (Phi) is 36.4.